The minimum Gasteiger partial charge on any atom is -0.433 e. The summed E-state index contributed by atoms with van der Waals surface area (Å²) >= 11 is 4.22. The average molecular weight is 153 g/mol. The number of rotatable bonds is 3. The third-order valence-corrected chi connectivity index (χ3v) is 1.60. The zero-order valence-corrected chi connectivity index (χ0v) is 7.28. The van der Waals surface area contributed by atoms with E-state index in [0.717, 1.165) is 10.6 Å². The molecule has 0 saturated heterocycles. The lowest BCUT2D eigenvalue weighted by Gasteiger charge is -2.03. The Balaban J connectivity index is 4.35. The summed E-state index contributed by atoms with van der Waals surface area (Å²) in [7, 11) is 1.86. The van der Waals surface area contributed by atoms with Gasteiger partial charge in [-0.3, -0.25) is 0 Å². The summed E-state index contributed by atoms with van der Waals surface area (Å²) in [6.07, 6.45) is 5.53. The van der Waals surface area contributed by atoms with E-state index in [-0.39, 0.29) is 0 Å². The molecule has 0 aromatic rings. The minimum absolute atomic E-state index is 0.933. The first-order chi connectivity index (χ1) is 4.76. The van der Waals surface area contributed by atoms with Crippen LogP contribution in [0.3, 0.4) is 0 Å². The van der Waals surface area contributed by atoms with Crippen LogP contribution in [-0.4, -0.2) is 7.98 Å². The lowest BCUT2D eigenvalue weighted by molar-refractivity contribution is 1.25. The van der Waals surface area contributed by atoms with Gasteiger partial charge in [0.15, 0.2) is 0 Å². The smallest absolute Gasteiger partial charge is 0.214 e. The highest BCUT2D eigenvalue weighted by Crippen LogP contribution is 2.09. The van der Waals surface area contributed by atoms with Crippen LogP contribution in [0, 0.1) is 0 Å². The van der Waals surface area contributed by atoms with Crippen LogP contribution >= 0.6 is 12.6 Å². The minimum atomic E-state index is 0.933. The second-order valence-electron chi connectivity index (χ2n) is 1.74. The summed E-state index contributed by atoms with van der Waals surface area (Å²) in [4.78, 5) is 0.933. The van der Waals surface area contributed by atoms with Gasteiger partial charge >= 0.3 is 0 Å². The monoisotopic (exact) mass is 153 g/mol. The molecule has 0 aliphatic rings. The first-order valence-electron chi connectivity index (χ1n) is 3.12. The van der Waals surface area contributed by atoms with E-state index in [1.165, 1.54) is 0 Å². The van der Waals surface area contributed by atoms with E-state index >= 15 is 0 Å². The zero-order valence-electron chi connectivity index (χ0n) is 6.39. The number of nitrogens with one attached hydrogen (secondary N) is 1. The summed E-state index contributed by atoms with van der Waals surface area (Å²) in [5.74, 6) is 0. The Hall–Kier alpha value is -0.565. The van der Waals surface area contributed by atoms with E-state index in [1.807, 2.05) is 27.1 Å². The second-order valence-corrected chi connectivity index (χ2v) is 2.22. The van der Waals surface area contributed by atoms with Crippen molar-refractivity contribution in [3.8, 4) is 0 Å². The van der Waals surface area contributed by atoms with Gasteiger partial charge in [0.05, 0.1) is 0 Å². The molecule has 3 heteroatoms. The number of hydrogen-bond acceptors (Lipinski definition) is 2. The normalized spacial score (nSPS) is 13.0. The topological polar surface area (TPSA) is 12.0 Å². The van der Waals surface area contributed by atoms with Crippen molar-refractivity contribution in [2.45, 2.75) is 6.92 Å². The third-order valence-electron chi connectivity index (χ3n) is 1.10. The van der Waals surface area contributed by atoms with Crippen LogP contribution < -0.4 is 5.23 Å². The molecule has 0 unspecified atom stereocenters. The molecular weight excluding hydrogens is 141 g/mol. The number of allylic oxidation sites excluding steroid dienone is 3. The van der Waals surface area contributed by atoms with Crippen molar-refractivity contribution in [3.63, 3.8) is 0 Å². The molecular formula is C7H12BNS. The SMILES string of the molecule is BNC(=C/C=C)/C(S)=C\C. The Morgan fingerprint density at radius 3 is 2.60 bits per heavy atom. The molecule has 0 amide bonds. The predicted molar refractivity (Wildman–Crippen MR) is 52.7 cm³/mol. The third kappa shape index (κ3) is 2.83. The second kappa shape index (κ2) is 5.24. The predicted octanol–water partition coefficient (Wildman–Crippen LogP) is 1.03. The van der Waals surface area contributed by atoms with Crippen molar-refractivity contribution in [2.24, 2.45) is 0 Å². The molecule has 54 valence electrons. The van der Waals surface area contributed by atoms with Gasteiger partial charge < -0.3 is 5.23 Å². The zero-order chi connectivity index (χ0) is 7.98. The van der Waals surface area contributed by atoms with Crippen molar-refractivity contribution >= 4 is 20.6 Å². The van der Waals surface area contributed by atoms with E-state index in [1.54, 1.807) is 6.08 Å². The van der Waals surface area contributed by atoms with E-state index in [2.05, 4.69) is 24.4 Å². The maximum absolute atomic E-state index is 4.22. The quantitative estimate of drug-likeness (QED) is 0.350. The summed E-state index contributed by atoms with van der Waals surface area (Å²) in [6, 6.07) is 0. The lowest BCUT2D eigenvalue weighted by Crippen LogP contribution is -2.07. The maximum Gasteiger partial charge on any atom is 0.214 e. The van der Waals surface area contributed by atoms with Gasteiger partial charge in [0.1, 0.15) is 0 Å². The van der Waals surface area contributed by atoms with Crippen LogP contribution in [0.2, 0.25) is 0 Å². The van der Waals surface area contributed by atoms with Gasteiger partial charge in [-0.1, -0.05) is 18.7 Å². The van der Waals surface area contributed by atoms with Gasteiger partial charge in [-0.05, 0) is 13.0 Å². The fourth-order valence-electron chi connectivity index (χ4n) is 0.570. The molecule has 1 nitrogen and oxygen atoms in total. The van der Waals surface area contributed by atoms with Crippen molar-refractivity contribution in [1.29, 1.82) is 0 Å². The van der Waals surface area contributed by atoms with Gasteiger partial charge in [-0.2, -0.15) is 0 Å². The fraction of sp³-hybridized carbons (Fsp3) is 0.143. The molecule has 0 aliphatic carbocycles. The number of thiol groups is 1. The van der Waals surface area contributed by atoms with E-state index in [0.29, 0.717) is 0 Å². The Kier molecular flexibility index (Phi) is 4.94. The van der Waals surface area contributed by atoms with E-state index in [4.69, 9.17) is 0 Å². The van der Waals surface area contributed by atoms with Crippen molar-refractivity contribution in [3.05, 3.63) is 35.4 Å². The maximum atomic E-state index is 4.22. The van der Waals surface area contributed by atoms with Crippen LogP contribution in [0.1, 0.15) is 6.92 Å². The first-order valence-corrected chi connectivity index (χ1v) is 3.57. The van der Waals surface area contributed by atoms with Crippen molar-refractivity contribution in [2.75, 3.05) is 0 Å². The lowest BCUT2D eigenvalue weighted by atomic mass is 10.3. The van der Waals surface area contributed by atoms with E-state index in [9.17, 15) is 0 Å². The summed E-state index contributed by atoms with van der Waals surface area (Å²) in [5, 5.41) is 3.00. The highest BCUT2D eigenvalue weighted by molar-refractivity contribution is 7.84. The first kappa shape index (κ1) is 9.43. The Bertz CT molecular complexity index is 172. The summed E-state index contributed by atoms with van der Waals surface area (Å²) < 4.78 is 0. The molecule has 0 rings (SSSR count). The summed E-state index contributed by atoms with van der Waals surface area (Å²) in [6.45, 7) is 5.53. The standard InChI is InChI=1S/C7H12BNS/c1-3-5-6(9-8)7(10)4-2/h3-5,9-10H,1,8H2,2H3/b6-5+,7-4+. The van der Waals surface area contributed by atoms with Gasteiger partial charge in [-0.25, -0.2) is 0 Å². The number of hydrogen-bond donors (Lipinski definition) is 2. The van der Waals surface area contributed by atoms with Crippen LogP contribution in [0.25, 0.3) is 0 Å². The Morgan fingerprint density at radius 2 is 2.30 bits per heavy atom. The van der Waals surface area contributed by atoms with Crippen LogP contribution in [0.5, 0.6) is 0 Å². The molecule has 0 atom stereocenters. The molecule has 0 aromatic carbocycles. The molecule has 0 spiro atoms. The molecule has 0 bridgehead atoms. The molecule has 0 aromatic heterocycles. The van der Waals surface area contributed by atoms with E-state index < -0.39 is 0 Å². The van der Waals surface area contributed by atoms with Gasteiger partial charge in [0, 0.05) is 10.6 Å². The van der Waals surface area contributed by atoms with Crippen LogP contribution in [-0.2, 0) is 0 Å². The molecule has 0 fully saturated rings. The van der Waals surface area contributed by atoms with Crippen LogP contribution in [0.4, 0.5) is 0 Å². The molecule has 0 heterocycles. The fourth-order valence-corrected chi connectivity index (χ4v) is 0.756. The largest absolute Gasteiger partial charge is 0.433 e. The van der Waals surface area contributed by atoms with Crippen LogP contribution in [0.15, 0.2) is 35.4 Å². The van der Waals surface area contributed by atoms with Gasteiger partial charge in [0.2, 0.25) is 7.98 Å². The van der Waals surface area contributed by atoms with Gasteiger partial charge in [-0.15, -0.1) is 12.6 Å². The van der Waals surface area contributed by atoms with Gasteiger partial charge in [0.25, 0.3) is 0 Å². The highest BCUT2D eigenvalue weighted by atomic mass is 32.1. The van der Waals surface area contributed by atoms with Crippen molar-refractivity contribution in [1.82, 2.24) is 5.23 Å². The molecule has 1 N–H and O–H groups in total. The van der Waals surface area contributed by atoms with Crippen molar-refractivity contribution < 1.29 is 0 Å². The molecule has 0 saturated carbocycles. The molecule has 0 radical (unpaired) electrons. The molecule has 10 heavy (non-hydrogen) atoms. The molecule has 0 aliphatic heterocycles. The highest BCUT2D eigenvalue weighted by Gasteiger charge is 1.92. The Morgan fingerprint density at radius 1 is 1.70 bits per heavy atom. The summed E-state index contributed by atoms with van der Waals surface area (Å²) in [5.41, 5.74) is 0.987. The Labute approximate surface area is 68.7 Å². The average Bonchev–Trinajstić information content (AvgIpc) is 1.99.